The van der Waals surface area contributed by atoms with Crippen molar-refractivity contribution >= 4 is 23.4 Å². The van der Waals surface area contributed by atoms with Crippen LogP contribution in [0, 0.1) is 18.6 Å². The minimum Gasteiger partial charge on any atom is -0.353 e. The van der Waals surface area contributed by atoms with Crippen LogP contribution in [0.4, 0.5) is 26.2 Å². The number of benzene rings is 2. The van der Waals surface area contributed by atoms with Crippen LogP contribution in [0.3, 0.4) is 0 Å². The van der Waals surface area contributed by atoms with Crippen molar-refractivity contribution in [1.29, 1.82) is 0 Å². The summed E-state index contributed by atoms with van der Waals surface area (Å²) in [7, 11) is 0. The second-order valence-electron chi connectivity index (χ2n) is 8.57. The standard InChI is InChI=1S/C25H26F2N6O/c1-16-14-17(26)8-9-18(16)22-21-23(31-25(30-22)28-10-13-32-11-4-5-12-32)33(15-29-24(21)34)20-7-3-2-6-19(20)27/h2-3,6-9,14H,4-5,10-13,15H2,1H3,(H,29,34)(H,28,30,31). The molecule has 1 fully saturated rings. The summed E-state index contributed by atoms with van der Waals surface area (Å²) in [5, 5.41) is 6.07. The van der Waals surface area contributed by atoms with Crippen molar-refractivity contribution in [2.24, 2.45) is 0 Å². The van der Waals surface area contributed by atoms with Crippen LogP contribution in [0.2, 0.25) is 0 Å². The molecule has 0 aliphatic carbocycles. The minimum absolute atomic E-state index is 0.0683. The molecule has 176 valence electrons. The summed E-state index contributed by atoms with van der Waals surface area (Å²) in [6, 6.07) is 10.7. The molecule has 0 atom stereocenters. The number of aromatic nitrogens is 2. The third-order valence-corrected chi connectivity index (χ3v) is 6.27. The normalized spacial score (nSPS) is 15.9. The van der Waals surface area contributed by atoms with Crippen LogP contribution < -0.4 is 15.5 Å². The third-order valence-electron chi connectivity index (χ3n) is 6.27. The van der Waals surface area contributed by atoms with Crippen LogP contribution >= 0.6 is 0 Å². The van der Waals surface area contributed by atoms with Crippen LogP contribution in [-0.4, -0.2) is 53.6 Å². The molecule has 9 heteroatoms. The largest absolute Gasteiger partial charge is 0.353 e. The highest BCUT2D eigenvalue weighted by molar-refractivity contribution is 6.07. The lowest BCUT2D eigenvalue weighted by Gasteiger charge is -2.31. The van der Waals surface area contributed by atoms with E-state index in [9.17, 15) is 13.6 Å². The van der Waals surface area contributed by atoms with Gasteiger partial charge in [-0.25, -0.2) is 13.8 Å². The molecule has 34 heavy (non-hydrogen) atoms. The van der Waals surface area contributed by atoms with Gasteiger partial charge in [0.1, 0.15) is 17.2 Å². The fraction of sp³-hybridized carbons (Fsp3) is 0.320. The Kier molecular flexibility index (Phi) is 6.10. The van der Waals surface area contributed by atoms with E-state index in [0.29, 0.717) is 40.8 Å². The highest BCUT2D eigenvalue weighted by Gasteiger charge is 2.32. The summed E-state index contributed by atoms with van der Waals surface area (Å²) in [5.41, 5.74) is 2.17. The first-order chi connectivity index (χ1) is 16.5. The van der Waals surface area contributed by atoms with Crippen molar-refractivity contribution in [2.45, 2.75) is 19.8 Å². The minimum atomic E-state index is -0.425. The topological polar surface area (TPSA) is 73.4 Å². The first-order valence-electron chi connectivity index (χ1n) is 11.5. The Hall–Kier alpha value is -3.59. The predicted octanol–water partition coefficient (Wildman–Crippen LogP) is 4.08. The Morgan fingerprint density at radius 2 is 1.88 bits per heavy atom. The molecule has 2 aliphatic heterocycles. The Bertz CT molecular complexity index is 1230. The highest BCUT2D eigenvalue weighted by atomic mass is 19.1. The van der Waals surface area contributed by atoms with Crippen molar-refractivity contribution in [3.05, 3.63) is 65.2 Å². The maximum absolute atomic E-state index is 14.7. The fourth-order valence-electron chi connectivity index (χ4n) is 4.54. The molecule has 2 aromatic carbocycles. The van der Waals surface area contributed by atoms with E-state index in [1.165, 1.54) is 31.0 Å². The lowest BCUT2D eigenvalue weighted by Crippen LogP contribution is -2.42. The monoisotopic (exact) mass is 464 g/mol. The van der Waals surface area contributed by atoms with Crippen molar-refractivity contribution in [2.75, 3.05) is 43.1 Å². The van der Waals surface area contributed by atoms with Gasteiger partial charge >= 0.3 is 0 Å². The van der Waals surface area contributed by atoms with Gasteiger partial charge in [-0.15, -0.1) is 0 Å². The number of aryl methyl sites for hydroxylation is 1. The van der Waals surface area contributed by atoms with E-state index in [1.807, 2.05) is 0 Å². The first-order valence-corrected chi connectivity index (χ1v) is 11.5. The number of nitrogens with zero attached hydrogens (tertiary/aromatic N) is 4. The number of amides is 1. The molecular formula is C25H26F2N6O. The van der Waals surface area contributed by atoms with Crippen LogP contribution in [0.25, 0.3) is 11.3 Å². The molecule has 2 aliphatic rings. The molecule has 2 N–H and O–H groups in total. The number of hydrogen-bond acceptors (Lipinski definition) is 6. The number of carbonyl (C=O) groups is 1. The summed E-state index contributed by atoms with van der Waals surface area (Å²) in [4.78, 5) is 26.3. The molecule has 3 aromatic rings. The maximum atomic E-state index is 14.7. The lowest BCUT2D eigenvalue weighted by molar-refractivity contribution is 0.0949. The van der Waals surface area contributed by atoms with Crippen molar-refractivity contribution in [1.82, 2.24) is 20.2 Å². The molecule has 0 unspecified atom stereocenters. The number of halogens is 2. The van der Waals surface area contributed by atoms with E-state index in [-0.39, 0.29) is 24.0 Å². The summed E-state index contributed by atoms with van der Waals surface area (Å²) in [6.45, 7) is 5.47. The van der Waals surface area contributed by atoms with Gasteiger partial charge in [0.15, 0.2) is 5.82 Å². The Balaban J connectivity index is 1.60. The van der Waals surface area contributed by atoms with Gasteiger partial charge in [0.25, 0.3) is 5.91 Å². The summed E-state index contributed by atoms with van der Waals surface area (Å²) < 4.78 is 28.5. The molecule has 1 saturated heterocycles. The Labute approximate surface area is 196 Å². The molecule has 0 spiro atoms. The van der Waals surface area contributed by atoms with Gasteiger partial charge in [-0.3, -0.25) is 4.79 Å². The van der Waals surface area contributed by atoms with Gasteiger partial charge in [-0.2, -0.15) is 4.98 Å². The second-order valence-corrected chi connectivity index (χ2v) is 8.57. The molecule has 5 rings (SSSR count). The van der Waals surface area contributed by atoms with Gasteiger partial charge in [-0.1, -0.05) is 12.1 Å². The molecule has 1 aromatic heterocycles. The van der Waals surface area contributed by atoms with Gasteiger partial charge in [0, 0.05) is 18.7 Å². The number of likely N-dealkylation sites (tertiary alicyclic amines) is 1. The van der Waals surface area contributed by atoms with E-state index in [1.54, 1.807) is 36.1 Å². The first kappa shape index (κ1) is 22.2. The zero-order valence-corrected chi connectivity index (χ0v) is 18.9. The lowest BCUT2D eigenvalue weighted by atomic mass is 9.99. The number of para-hydroxylation sites is 1. The summed E-state index contributed by atoms with van der Waals surface area (Å²) in [6.07, 6.45) is 2.41. The van der Waals surface area contributed by atoms with E-state index in [4.69, 9.17) is 0 Å². The second kappa shape index (κ2) is 9.34. The van der Waals surface area contributed by atoms with Gasteiger partial charge in [-0.05, 0) is 68.8 Å². The number of nitrogens with one attached hydrogen (secondary N) is 2. The number of anilines is 3. The smallest absolute Gasteiger partial charge is 0.258 e. The number of fused-ring (bicyclic) bond motifs is 1. The number of carbonyl (C=O) groups excluding carboxylic acids is 1. The maximum Gasteiger partial charge on any atom is 0.258 e. The average Bonchev–Trinajstić information content (AvgIpc) is 3.33. The van der Waals surface area contributed by atoms with Crippen molar-refractivity contribution in [3.8, 4) is 11.3 Å². The molecule has 0 saturated carbocycles. The summed E-state index contributed by atoms with van der Waals surface area (Å²) in [5.74, 6) is -0.499. The van der Waals surface area contributed by atoms with Crippen LogP contribution in [0.15, 0.2) is 42.5 Å². The number of rotatable bonds is 6. The number of hydrogen-bond donors (Lipinski definition) is 2. The van der Waals surface area contributed by atoms with Gasteiger partial charge in [0.2, 0.25) is 5.95 Å². The summed E-state index contributed by atoms with van der Waals surface area (Å²) >= 11 is 0. The van der Waals surface area contributed by atoms with Gasteiger partial charge < -0.3 is 20.4 Å². The van der Waals surface area contributed by atoms with E-state index in [2.05, 4.69) is 25.5 Å². The molecule has 1 amide bonds. The molecule has 3 heterocycles. The Morgan fingerprint density at radius 1 is 1.09 bits per heavy atom. The molecular weight excluding hydrogens is 438 g/mol. The Morgan fingerprint density at radius 3 is 2.65 bits per heavy atom. The van der Waals surface area contributed by atoms with E-state index in [0.717, 1.165) is 19.6 Å². The van der Waals surface area contributed by atoms with Gasteiger partial charge in [0.05, 0.1) is 18.1 Å². The fourth-order valence-corrected chi connectivity index (χ4v) is 4.54. The SMILES string of the molecule is Cc1cc(F)ccc1-c1nc(NCCN2CCCC2)nc2c1C(=O)NCN2c1ccccc1F. The third kappa shape index (κ3) is 4.31. The molecule has 7 nitrogen and oxygen atoms in total. The van der Waals surface area contributed by atoms with Crippen LogP contribution in [-0.2, 0) is 0 Å². The van der Waals surface area contributed by atoms with Crippen molar-refractivity contribution < 1.29 is 13.6 Å². The zero-order valence-electron chi connectivity index (χ0n) is 18.9. The van der Waals surface area contributed by atoms with E-state index < -0.39 is 5.82 Å². The predicted molar refractivity (Wildman–Crippen MR) is 127 cm³/mol. The molecule has 0 radical (unpaired) electrons. The van der Waals surface area contributed by atoms with Crippen LogP contribution in [0.1, 0.15) is 28.8 Å². The average molecular weight is 465 g/mol. The van der Waals surface area contributed by atoms with Crippen molar-refractivity contribution in [3.63, 3.8) is 0 Å². The van der Waals surface area contributed by atoms with Crippen LogP contribution in [0.5, 0.6) is 0 Å². The van der Waals surface area contributed by atoms with E-state index >= 15 is 0 Å². The molecule has 0 bridgehead atoms. The quantitative estimate of drug-likeness (QED) is 0.573. The highest BCUT2D eigenvalue weighted by Crippen LogP contribution is 2.37. The zero-order chi connectivity index (χ0) is 23.7.